The Morgan fingerprint density at radius 1 is 1.13 bits per heavy atom. The second-order valence-electron chi connectivity index (χ2n) is 9.08. The standard InChI is InChI=1S/C26H33N7O3S.C2H6/c1-5-17(6-2)33-21-11-10-16(13-20(21)27-23(33)14-18-9-8-12-37-18)24(34)28-19(7-3)25(35)32(4)15-22-29-26(36)31-30-22;1-2/h8-13,17,19H,5-7,14-15H2,1-4H3,(H,28,34)(H2,29,30,31,36);1-2H3/t19-;/m0./s1. The largest absolute Gasteiger partial charge is 0.340 e. The van der Waals surface area contributed by atoms with E-state index in [4.69, 9.17) is 4.98 Å². The van der Waals surface area contributed by atoms with E-state index in [-0.39, 0.29) is 18.4 Å². The summed E-state index contributed by atoms with van der Waals surface area (Å²) in [5.74, 6) is 0.736. The zero-order valence-corrected chi connectivity index (χ0v) is 24.4. The molecule has 0 radical (unpaired) electrons. The van der Waals surface area contributed by atoms with Gasteiger partial charge in [0.05, 0.1) is 17.6 Å². The molecule has 0 aliphatic rings. The monoisotopic (exact) mass is 553 g/mol. The van der Waals surface area contributed by atoms with E-state index < -0.39 is 11.7 Å². The number of rotatable bonds is 11. The summed E-state index contributed by atoms with van der Waals surface area (Å²) in [7, 11) is 1.61. The molecule has 4 aromatic rings. The maximum absolute atomic E-state index is 13.2. The highest BCUT2D eigenvalue weighted by molar-refractivity contribution is 7.09. The molecular formula is C28H39N7O3S. The minimum atomic E-state index is -0.713. The van der Waals surface area contributed by atoms with E-state index in [0.717, 1.165) is 36.1 Å². The molecule has 4 rings (SSSR count). The zero-order chi connectivity index (χ0) is 28.5. The molecule has 1 aromatic carbocycles. The first kappa shape index (κ1) is 29.8. The number of fused-ring (bicyclic) bond motifs is 1. The number of hydrogen-bond donors (Lipinski definition) is 3. The Hall–Kier alpha value is -3.73. The predicted octanol–water partition coefficient (Wildman–Crippen LogP) is 4.65. The summed E-state index contributed by atoms with van der Waals surface area (Å²) in [6.07, 6.45) is 3.14. The highest BCUT2D eigenvalue weighted by Gasteiger charge is 2.25. The third kappa shape index (κ3) is 7.03. The highest BCUT2D eigenvalue weighted by atomic mass is 32.1. The van der Waals surface area contributed by atoms with Crippen LogP contribution < -0.4 is 11.0 Å². The SMILES string of the molecule is CC.CCC(CC)n1c(Cc2cccs2)nc2cc(C(=O)N[C@@H](CC)C(=O)N(C)Cc3n[nH]c(=O)[nH]3)ccc21. The summed E-state index contributed by atoms with van der Waals surface area (Å²) in [6, 6.07) is 9.32. The van der Waals surface area contributed by atoms with Crippen molar-refractivity contribution in [3.63, 3.8) is 0 Å². The Balaban J connectivity index is 0.00000205. The predicted molar refractivity (Wildman–Crippen MR) is 155 cm³/mol. The first-order valence-electron chi connectivity index (χ1n) is 13.6. The summed E-state index contributed by atoms with van der Waals surface area (Å²) < 4.78 is 2.31. The topological polar surface area (TPSA) is 129 Å². The smallest absolute Gasteiger partial charge is 0.340 e. The lowest BCUT2D eigenvalue weighted by Gasteiger charge is -2.23. The van der Waals surface area contributed by atoms with Crippen LogP contribution in [0.4, 0.5) is 0 Å². The van der Waals surface area contributed by atoms with E-state index >= 15 is 0 Å². The molecule has 0 aliphatic carbocycles. The number of benzene rings is 1. The van der Waals surface area contributed by atoms with Crippen LogP contribution in [0.5, 0.6) is 0 Å². The van der Waals surface area contributed by atoms with E-state index in [9.17, 15) is 14.4 Å². The lowest BCUT2D eigenvalue weighted by atomic mass is 10.1. The summed E-state index contributed by atoms with van der Waals surface area (Å²) >= 11 is 1.71. The number of aromatic nitrogens is 5. The van der Waals surface area contributed by atoms with Crippen molar-refractivity contribution < 1.29 is 9.59 Å². The molecule has 3 heterocycles. The number of likely N-dealkylation sites (N-methyl/N-ethyl adjacent to an activating group) is 1. The molecule has 0 aliphatic heterocycles. The number of amides is 2. The second-order valence-corrected chi connectivity index (χ2v) is 10.1. The van der Waals surface area contributed by atoms with Gasteiger partial charge in [0.2, 0.25) is 5.91 Å². The van der Waals surface area contributed by atoms with E-state index in [1.54, 1.807) is 30.5 Å². The first-order valence-corrected chi connectivity index (χ1v) is 14.4. The van der Waals surface area contributed by atoms with Crippen molar-refractivity contribution in [2.75, 3.05) is 7.05 Å². The summed E-state index contributed by atoms with van der Waals surface area (Å²) in [6.45, 7) is 10.3. The molecule has 0 fully saturated rings. The van der Waals surface area contributed by atoms with Crippen LogP contribution in [0.1, 0.15) is 86.8 Å². The average Bonchev–Trinajstić information content (AvgIpc) is 3.69. The van der Waals surface area contributed by atoms with Crippen LogP contribution in [0.15, 0.2) is 40.5 Å². The quantitative estimate of drug-likeness (QED) is 0.249. The number of imidazole rings is 1. The molecule has 0 bridgehead atoms. The minimum Gasteiger partial charge on any atom is -0.340 e. The highest BCUT2D eigenvalue weighted by Crippen LogP contribution is 2.28. The maximum Gasteiger partial charge on any atom is 0.340 e. The van der Waals surface area contributed by atoms with E-state index in [1.807, 2.05) is 32.9 Å². The molecule has 3 aromatic heterocycles. The molecule has 0 spiro atoms. The average molecular weight is 554 g/mol. The lowest BCUT2D eigenvalue weighted by Crippen LogP contribution is -2.46. The number of nitrogens with zero attached hydrogens (tertiary/aromatic N) is 4. The van der Waals surface area contributed by atoms with Crippen molar-refractivity contribution in [3.05, 3.63) is 68.3 Å². The second kappa shape index (κ2) is 13.9. The van der Waals surface area contributed by atoms with Gasteiger partial charge in [-0.3, -0.25) is 14.6 Å². The number of H-pyrrole nitrogens is 2. The van der Waals surface area contributed by atoms with Crippen molar-refractivity contribution in [1.29, 1.82) is 0 Å². The summed E-state index contributed by atoms with van der Waals surface area (Å²) in [5, 5.41) is 11.0. The van der Waals surface area contributed by atoms with Crippen LogP contribution in [0, 0.1) is 0 Å². The molecule has 210 valence electrons. The Morgan fingerprint density at radius 2 is 1.87 bits per heavy atom. The minimum absolute atomic E-state index is 0.121. The van der Waals surface area contributed by atoms with Gasteiger partial charge < -0.3 is 14.8 Å². The van der Waals surface area contributed by atoms with Gasteiger partial charge in [-0.05, 0) is 48.9 Å². The summed E-state index contributed by atoms with van der Waals surface area (Å²) in [5.41, 5.74) is 1.80. The normalized spacial score (nSPS) is 11.8. The van der Waals surface area contributed by atoms with Crippen molar-refractivity contribution in [2.24, 2.45) is 0 Å². The molecule has 0 saturated heterocycles. The fraction of sp³-hybridized carbons (Fsp3) is 0.464. The van der Waals surface area contributed by atoms with Crippen LogP contribution in [-0.2, 0) is 17.8 Å². The van der Waals surface area contributed by atoms with Crippen LogP contribution in [0.25, 0.3) is 11.0 Å². The van der Waals surface area contributed by atoms with Gasteiger partial charge in [0, 0.05) is 30.0 Å². The Labute approximate surface area is 232 Å². The number of aromatic amines is 2. The fourth-order valence-electron chi connectivity index (χ4n) is 4.57. The molecular weight excluding hydrogens is 514 g/mol. The Kier molecular flexibility index (Phi) is 10.6. The van der Waals surface area contributed by atoms with Crippen LogP contribution in [-0.4, -0.2) is 54.5 Å². The van der Waals surface area contributed by atoms with Gasteiger partial charge in [0.25, 0.3) is 5.91 Å². The number of nitrogens with one attached hydrogen (secondary N) is 3. The van der Waals surface area contributed by atoms with Crippen LogP contribution in [0.2, 0.25) is 0 Å². The number of carbonyl (C=O) groups is 2. The molecule has 0 saturated carbocycles. The van der Waals surface area contributed by atoms with Gasteiger partial charge in [-0.2, -0.15) is 5.10 Å². The fourth-order valence-corrected chi connectivity index (χ4v) is 5.28. The van der Waals surface area contributed by atoms with Gasteiger partial charge >= 0.3 is 5.69 Å². The lowest BCUT2D eigenvalue weighted by molar-refractivity contribution is -0.132. The van der Waals surface area contributed by atoms with E-state index in [1.165, 1.54) is 9.78 Å². The van der Waals surface area contributed by atoms with E-state index in [0.29, 0.717) is 23.9 Å². The molecule has 1 atom stereocenters. The first-order chi connectivity index (χ1) is 18.8. The Bertz CT molecular complexity index is 1420. The van der Waals surface area contributed by atoms with Gasteiger partial charge in [0.15, 0.2) is 5.82 Å². The molecule has 39 heavy (non-hydrogen) atoms. The van der Waals surface area contributed by atoms with E-state index in [2.05, 4.69) is 50.4 Å². The van der Waals surface area contributed by atoms with Crippen molar-refractivity contribution in [1.82, 2.24) is 34.9 Å². The third-order valence-corrected chi connectivity index (χ3v) is 7.45. The van der Waals surface area contributed by atoms with Crippen LogP contribution in [0.3, 0.4) is 0 Å². The van der Waals surface area contributed by atoms with Crippen molar-refractivity contribution in [2.45, 2.75) is 78.9 Å². The van der Waals surface area contributed by atoms with Crippen LogP contribution >= 0.6 is 11.3 Å². The molecule has 3 N–H and O–H groups in total. The van der Waals surface area contributed by atoms with Crippen molar-refractivity contribution >= 4 is 34.2 Å². The molecule has 0 unspecified atom stereocenters. The van der Waals surface area contributed by atoms with Gasteiger partial charge in [-0.15, -0.1) is 11.3 Å². The Morgan fingerprint density at radius 3 is 2.46 bits per heavy atom. The third-order valence-electron chi connectivity index (χ3n) is 6.57. The van der Waals surface area contributed by atoms with Gasteiger partial charge in [-0.1, -0.05) is 40.7 Å². The summed E-state index contributed by atoms with van der Waals surface area (Å²) in [4.78, 5) is 47.5. The van der Waals surface area contributed by atoms with Gasteiger partial charge in [-0.25, -0.2) is 14.9 Å². The number of thiophene rings is 1. The molecule has 10 nitrogen and oxygen atoms in total. The zero-order valence-electron chi connectivity index (χ0n) is 23.6. The van der Waals surface area contributed by atoms with Gasteiger partial charge in [0.1, 0.15) is 11.9 Å². The number of carbonyl (C=O) groups excluding carboxylic acids is 2. The molecule has 11 heteroatoms. The van der Waals surface area contributed by atoms with Crippen molar-refractivity contribution in [3.8, 4) is 0 Å². The maximum atomic E-state index is 13.2. The number of hydrogen-bond acceptors (Lipinski definition) is 6. The molecule has 2 amide bonds.